The van der Waals surface area contributed by atoms with Gasteiger partial charge in [-0.1, -0.05) is 81.7 Å². The molecule has 0 unspecified atom stereocenters. The van der Waals surface area contributed by atoms with Gasteiger partial charge in [0.2, 0.25) is 0 Å². The molecule has 0 spiro atoms. The molecule has 0 heterocycles. The Morgan fingerprint density at radius 3 is 2.35 bits per heavy atom. The van der Waals surface area contributed by atoms with Gasteiger partial charge in [-0.25, -0.2) is 0 Å². The summed E-state index contributed by atoms with van der Waals surface area (Å²) in [6.45, 7) is 10.6. The van der Waals surface area contributed by atoms with Crippen LogP contribution in [-0.2, 0) is 6.42 Å². The molecule has 0 aromatic heterocycles. The predicted molar refractivity (Wildman–Crippen MR) is 101 cm³/mol. The normalized spacial score (nSPS) is 20.1. The molecule has 1 saturated carbocycles. The molecule has 0 radical (unpaired) electrons. The lowest BCUT2D eigenvalue weighted by atomic mass is 9.76. The molecule has 0 saturated heterocycles. The van der Waals surface area contributed by atoms with E-state index in [0.717, 1.165) is 12.3 Å². The number of hydrogen-bond donors (Lipinski definition) is 1. The Hall–Kier alpha value is -1.50. The molecule has 2 rings (SSSR count). The first-order valence-corrected chi connectivity index (χ1v) is 9.32. The molecule has 1 aliphatic rings. The van der Waals surface area contributed by atoms with Crippen molar-refractivity contribution < 1.29 is 0 Å². The summed E-state index contributed by atoms with van der Waals surface area (Å²) < 4.78 is 0. The summed E-state index contributed by atoms with van der Waals surface area (Å²) in [4.78, 5) is 0. The van der Waals surface area contributed by atoms with Gasteiger partial charge >= 0.3 is 0 Å². The standard InChI is InChI=1S/C22H33N/c1-18-17-19(2)22(18)23-20(3)13-9-6-4-5-7-10-14-21-15-11-8-12-16-21/h8,11-12,15-16,19,22-23H,1,3-7,9-10,13-14,17H2,2H3/t19-,22+/m1/s1. The summed E-state index contributed by atoms with van der Waals surface area (Å²) in [7, 11) is 0. The minimum Gasteiger partial charge on any atom is -0.382 e. The van der Waals surface area contributed by atoms with Gasteiger partial charge in [0.05, 0.1) is 0 Å². The first-order valence-electron chi connectivity index (χ1n) is 9.32. The Balaban J connectivity index is 1.42. The number of allylic oxidation sites excluding steroid dienone is 1. The molecule has 1 nitrogen and oxygen atoms in total. The number of hydrogen-bond acceptors (Lipinski definition) is 1. The first kappa shape index (κ1) is 17.8. The average molecular weight is 312 g/mol. The lowest BCUT2D eigenvalue weighted by Gasteiger charge is -2.38. The van der Waals surface area contributed by atoms with Crippen molar-refractivity contribution in [1.29, 1.82) is 0 Å². The average Bonchev–Trinajstić information content (AvgIpc) is 2.56. The van der Waals surface area contributed by atoms with Crippen LogP contribution in [-0.4, -0.2) is 6.04 Å². The van der Waals surface area contributed by atoms with Gasteiger partial charge in [-0.15, -0.1) is 0 Å². The van der Waals surface area contributed by atoms with Gasteiger partial charge in [0.1, 0.15) is 0 Å². The fraction of sp³-hybridized carbons (Fsp3) is 0.545. The third kappa shape index (κ3) is 6.25. The maximum absolute atomic E-state index is 4.17. The van der Waals surface area contributed by atoms with Crippen LogP contribution in [0.1, 0.15) is 63.9 Å². The van der Waals surface area contributed by atoms with Crippen molar-refractivity contribution in [2.24, 2.45) is 5.92 Å². The fourth-order valence-electron chi connectivity index (χ4n) is 3.46. The SMILES string of the molecule is C=C(CCCCCCCCc1ccccc1)N[C@H]1C(=C)C[C@H]1C. The highest BCUT2D eigenvalue weighted by Crippen LogP contribution is 2.32. The molecular weight excluding hydrogens is 278 g/mol. The largest absolute Gasteiger partial charge is 0.382 e. The van der Waals surface area contributed by atoms with Gasteiger partial charge in [0, 0.05) is 11.7 Å². The summed E-state index contributed by atoms with van der Waals surface area (Å²) >= 11 is 0. The molecule has 1 aromatic carbocycles. The highest BCUT2D eigenvalue weighted by molar-refractivity contribution is 5.21. The van der Waals surface area contributed by atoms with Crippen LogP contribution in [0.3, 0.4) is 0 Å². The molecule has 1 heteroatoms. The third-order valence-corrected chi connectivity index (χ3v) is 4.99. The molecule has 0 aliphatic heterocycles. The topological polar surface area (TPSA) is 12.0 Å². The van der Waals surface area contributed by atoms with Crippen LogP contribution in [0, 0.1) is 5.92 Å². The molecule has 23 heavy (non-hydrogen) atoms. The Bertz CT molecular complexity index is 488. The molecule has 1 fully saturated rings. The Kier molecular flexibility index (Phi) is 7.45. The van der Waals surface area contributed by atoms with Gasteiger partial charge in [-0.2, -0.15) is 0 Å². The van der Waals surface area contributed by atoms with Crippen molar-refractivity contribution in [3.05, 3.63) is 60.3 Å². The van der Waals surface area contributed by atoms with Crippen LogP contribution in [0.25, 0.3) is 0 Å². The van der Waals surface area contributed by atoms with Gasteiger partial charge < -0.3 is 5.32 Å². The van der Waals surface area contributed by atoms with E-state index >= 15 is 0 Å². The van der Waals surface area contributed by atoms with E-state index in [4.69, 9.17) is 0 Å². The van der Waals surface area contributed by atoms with E-state index in [1.807, 2.05) is 0 Å². The molecule has 2 atom stereocenters. The second-order valence-electron chi connectivity index (χ2n) is 7.17. The van der Waals surface area contributed by atoms with Crippen LogP contribution in [0.2, 0.25) is 0 Å². The van der Waals surface area contributed by atoms with E-state index in [-0.39, 0.29) is 0 Å². The van der Waals surface area contributed by atoms with Crippen molar-refractivity contribution in [2.75, 3.05) is 0 Å². The van der Waals surface area contributed by atoms with E-state index in [2.05, 4.69) is 55.7 Å². The van der Waals surface area contributed by atoms with E-state index in [0.29, 0.717) is 6.04 Å². The Labute approximate surface area is 142 Å². The third-order valence-electron chi connectivity index (χ3n) is 4.99. The zero-order valence-corrected chi connectivity index (χ0v) is 14.8. The molecule has 0 amide bonds. The summed E-state index contributed by atoms with van der Waals surface area (Å²) in [5.41, 5.74) is 4.02. The molecule has 1 aliphatic carbocycles. The van der Waals surface area contributed by atoms with Crippen LogP contribution < -0.4 is 5.32 Å². The van der Waals surface area contributed by atoms with Crippen LogP contribution >= 0.6 is 0 Å². The van der Waals surface area contributed by atoms with E-state index in [1.54, 1.807) is 0 Å². The monoisotopic (exact) mass is 311 g/mol. The van der Waals surface area contributed by atoms with Crippen LogP contribution in [0.5, 0.6) is 0 Å². The van der Waals surface area contributed by atoms with Crippen molar-refractivity contribution >= 4 is 0 Å². The molecule has 126 valence electrons. The second-order valence-corrected chi connectivity index (χ2v) is 7.17. The number of aryl methyl sites for hydroxylation is 1. The van der Waals surface area contributed by atoms with Crippen molar-refractivity contribution in [2.45, 2.75) is 70.8 Å². The molecular formula is C22H33N. The molecule has 0 bridgehead atoms. The lowest BCUT2D eigenvalue weighted by molar-refractivity contribution is 0.342. The summed E-state index contributed by atoms with van der Waals surface area (Å²) in [6, 6.07) is 11.3. The summed E-state index contributed by atoms with van der Waals surface area (Å²) in [6.07, 6.45) is 11.5. The number of nitrogens with one attached hydrogen (secondary N) is 1. The number of rotatable bonds is 11. The zero-order valence-electron chi connectivity index (χ0n) is 14.8. The van der Waals surface area contributed by atoms with E-state index in [1.165, 1.54) is 68.2 Å². The van der Waals surface area contributed by atoms with Gasteiger partial charge in [-0.3, -0.25) is 0 Å². The highest BCUT2D eigenvalue weighted by atomic mass is 14.9. The minimum absolute atomic E-state index is 0.487. The Morgan fingerprint density at radius 2 is 1.70 bits per heavy atom. The quantitative estimate of drug-likeness (QED) is 0.389. The Morgan fingerprint density at radius 1 is 1.04 bits per heavy atom. The number of benzene rings is 1. The van der Waals surface area contributed by atoms with Crippen molar-refractivity contribution in [1.82, 2.24) is 5.32 Å². The minimum atomic E-state index is 0.487. The number of unbranched alkanes of at least 4 members (excludes halogenated alkanes) is 5. The molecule has 1 aromatic rings. The highest BCUT2D eigenvalue weighted by Gasteiger charge is 2.30. The van der Waals surface area contributed by atoms with Gasteiger partial charge in [-0.05, 0) is 43.6 Å². The van der Waals surface area contributed by atoms with Gasteiger partial charge in [0.15, 0.2) is 0 Å². The lowest BCUT2D eigenvalue weighted by Crippen LogP contribution is -2.43. The van der Waals surface area contributed by atoms with Crippen molar-refractivity contribution in [3.63, 3.8) is 0 Å². The predicted octanol–water partition coefficient (Wildman–Crippen LogP) is 6.03. The summed E-state index contributed by atoms with van der Waals surface area (Å²) in [5, 5.41) is 3.55. The second kappa shape index (κ2) is 9.60. The summed E-state index contributed by atoms with van der Waals surface area (Å²) in [5.74, 6) is 0.726. The fourth-order valence-corrected chi connectivity index (χ4v) is 3.46. The smallest absolute Gasteiger partial charge is 0.0496 e. The molecule has 1 N–H and O–H groups in total. The van der Waals surface area contributed by atoms with Crippen LogP contribution in [0.15, 0.2) is 54.8 Å². The van der Waals surface area contributed by atoms with E-state index < -0.39 is 0 Å². The van der Waals surface area contributed by atoms with Crippen LogP contribution in [0.4, 0.5) is 0 Å². The van der Waals surface area contributed by atoms with Gasteiger partial charge in [0.25, 0.3) is 0 Å². The zero-order chi connectivity index (χ0) is 16.5. The maximum Gasteiger partial charge on any atom is 0.0496 e. The van der Waals surface area contributed by atoms with Crippen molar-refractivity contribution in [3.8, 4) is 0 Å². The van der Waals surface area contributed by atoms with E-state index in [9.17, 15) is 0 Å². The first-order chi connectivity index (χ1) is 11.2. The maximum atomic E-state index is 4.17.